The Bertz CT molecular complexity index is 850. The zero-order valence-electron chi connectivity index (χ0n) is 16.2. The van der Waals surface area contributed by atoms with E-state index in [1.807, 2.05) is 36.4 Å². The van der Waals surface area contributed by atoms with Gasteiger partial charge in [0.05, 0.1) is 7.11 Å². The Morgan fingerprint density at radius 1 is 0.741 bits per heavy atom. The molecular weight excluding hydrogens is 335 g/mol. The molecule has 0 aliphatic carbocycles. The zero-order valence-corrected chi connectivity index (χ0v) is 16.2. The molecule has 3 aromatic carbocycles. The number of halogens is 1. The van der Waals surface area contributed by atoms with E-state index in [-0.39, 0.29) is 5.82 Å². The molecule has 0 spiro atoms. The predicted molar refractivity (Wildman–Crippen MR) is 111 cm³/mol. The van der Waals surface area contributed by atoms with Crippen LogP contribution in [0.4, 0.5) is 4.39 Å². The lowest BCUT2D eigenvalue weighted by Gasteiger charge is -2.08. The van der Waals surface area contributed by atoms with Gasteiger partial charge in [-0.15, -0.1) is 0 Å². The first kappa shape index (κ1) is 19.2. The van der Waals surface area contributed by atoms with Gasteiger partial charge in [0.2, 0.25) is 0 Å². The van der Waals surface area contributed by atoms with Crippen molar-refractivity contribution < 1.29 is 9.13 Å². The summed E-state index contributed by atoms with van der Waals surface area (Å²) < 4.78 is 19.8. The number of benzene rings is 3. The van der Waals surface area contributed by atoms with Gasteiger partial charge in [-0.2, -0.15) is 0 Å². The average molecular weight is 362 g/mol. The molecule has 0 saturated carbocycles. The first-order valence-corrected chi connectivity index (χ1v) is 9.70. The zero-order chi connectivity index (χ0) is 19.1. The highest BCUT2D eigenvalue weighted by Crippen LogP contribution is 2.25. The summed E-state index contributed by atoms with van der Waals surface area (Å²) in [6.07, 6.45) is 5.17. The number of unbranched alkanes of at least 4 members (excludes halogenated alkanes) is 1. The van der Waals surface area contributed by atoms with E-state index in [0.29, 0.717) is 5.56 Å². The van der Waals surface area contributed by atoms with Crippen molar-refractivity contribution >= 4 is 0 Å². The van der Waals surface area contributed by atoms with Gasteiger partial charge >= 0.3 is 0 Å². The molecule has 0 atom stereocenters. The van der Waals surface area contributed by atoms with E-state index < -0.39 is 0 Å². The van der Waals surface area contributed by atoms with Crippen molar-refractivity contribution in [1.29, 1.82) is 0 Å². The van der Waals surface area contributed by atoms with Crippen LogP contribution in [0.2, 0.25) is 0 Å². The standard InChI is InChI=1S/C25H27FO/c1-3-4-5-19-8-13-22(14-9-19)24-17-12-21(18-25(24)26)7-6-20-10-15-23(27-2)16-11-20/h8-18H,3-7H2,1-2H3. The van der Waals surface area contributed by atoms with E-state index in [1.54, 1.807) is 13.2 Å². The van der Waals surface area contributed by atoms with Crippen LogP contribution < -0.4 is 4.74 Å². The van der Waals surface area contributed by atoms with Crippen molar-refractivity contribution in [2.45, 2.75) is 39.0 Å². The van der Waals surface area contributed by atoms with Crippen molar-refractivity contribution in [3.8, 4) is 16.9 Å². The molecule has 0 fully saturated rings. The molecule has 2 heteroatoms. The summed E-state index contributed by atoms with van der Waals surface area (Å²) in [6, 6.07) is 21.9. The van der Waals surface area contributed by atoms with Crippen LogP contribution in [0, 0.1) is 5.82 Å². The number of aryl methyl sites for hydroxylation is 3. The fraction of sp³-hybridized carbons (Fsp3) is 0.280. The molecule has 3 aromatic rings. The first-order valence-electron chi connectivity index (χ1n) is 9.70. The Hall–Kier alpha value is -2.61. The third kappa shape index (κ3) is 5.19. The molecule has 0 aromatic heterocycles. The first-order chi connectivity index (χ1) is 13.2. The molecule has 0 N–H and O–H groups in total. The van der Waals surface area contributed by atoms with Gasteiger partial charge in [0.25, 0.3) is 0 Å². The van der Waals surface area contributed by atoms with Crippen LogP contribution in [0.25, 0.3) is 11.1 Å². The molecule has 27 heavy (non-hydrogen) atoms. The highest BCUT2D eigenvalue weighted by molar-refractivity contribution is 5.64. The molecule has 0 amide bonds. The van der Waals surface area contributed by atoms with Gasteiger partial charge in [0, 0.05) is 5.56 Å². The van der Waals surface area contributed by atoms with E-state index >= 15 is 0 Å². The van der Waals surface area contributed by atoms with Crippen LogP contribution in [0.5, 0.6) is 5.75 Å². The molecule has 3 rings (SSSR count). The lowest BCUT2D eigenvalue weighted by atomic mass is 9.98. The summed E-state index contributed by atoms with van der Waals surface area (Å²) in [7, 11) is 1.66. The van der Waals surface area contributed by atoms with Gasteiger partial charge in [0.1, 0.15) is 11.6 Å². The molecule has 140 valence electrons. The van der Waals surface area contributed by atoms with Gasteiger partial charge in [0.15, 0.2) is 0 Å². The second kappa shape index (κ2) is 9.36. The molecule has 0 unspecified atom stereocenters. The predicted octanol–water partition coefficient (Wildman–Crippen LogP) is 6.63. The monoisotopic (exact) mass is 362 g/mol. The number of ether oxygens (including phenoxy) is 1. The molecule has 0 aliphatic rings. The summed E-state index contributed by atoms with van der Waals surface area (Å²) >= 11 is 0. The molecule has 0 saturated heterocycles. The summed E-state index contributed by atoms with van der Waals surface area (Å²) in [4.78, 5) is 0. The molecular formula is C25H27FO. The van der Waals surface area contributed by atoms with Crippen LogP contribution in [-0.4, -0.2) is 7.11 Å². The van der Waals surface area contributed by atoms with E-state index in [2.05, 4.69) is 31.2 Å². The largest absolute Gasteiger partial charge is 0.497 e. The summed E-state index contributed by atoms with van der Waals surface area (Å²) in [5.74, 6) is 0.707. The Balaban J connectivity index is 1.65. The smallest absolute Gasteiger partial charge is 0.131 e. The summed E-state index contributed by atoms with van der Waals surface area (Å²) in [6.45, 7) is 2.19. The van der Waals surface area contributed by atoms with Gasteiger partial charge in [-0.3, -0.25) is 0 Å². The Morgan fingerprint density at radius 3 is 1.96 bits per heavy atom. The van der Waals surface area contributed by atoms with Crippen molar-refractivity contribution in [2.75, 3.05) is 7.11 Å². The topological polar surface area (TPSA) is 9.23 Å². The lowest BCUT2D eigenvalue weighted by molar-refractivity contribution is 0.414. The maximum atomic E-state index is 14.6. The normalized spacial score (nSPS) is 10.8. The summed E-state index contributed by atoms with van der Waals surface area (Å²) in [5.41, 5.74) is 5.17. The van der Waals surface area contributed by atoms with Gasteiger partial charge in [-0.1, -0.05) is 61.9 Å². The van der Waals surface area contributed by atoms with Crippen LogP contribution in [-0.2, 0) is 19.3 Å². The summed E-state index contributed by atoms with van der Waals surface area (Å²) in [5, 5.41) is 0. The van der Waals surface area contributed by atoms with Crippen LogP contribution in [0.15, 0.2) is 66.7 Å². The minimum Gasteiger partial charge on any atom is -0.497 e. The minimum atomic E-state index is -0.150. The van der Waals surface area contributed by atoms with E-state index in [0.717, 1.165) is 36.1 Å². The fourth-order valence-electron chi connectivity index (χ4n) is 3.26. The quantitative estimate of drug-likeness (QED) is 0.437. The van der Waals surface area contributed by atoms with E-state index in [9.17, 15) is 4.39 Å². The van der Waals surface area contributed by atoms with Crippen LogP contribution in [0.1, 0.15) is 36.5 Å². The number of hydrogen-bond donors (Lipinski definition) is 0. The van der Waals surface area contributed by atoms with Crippen LogP contribution in [0.3, 0.4) is 0 Å². The third-order valence-corrected chi connectivity index (χ3v) is 4.98. The number of hydrogen-bond acceptors (Lipinski definition) is 1. The fourth-order valence-corrected chi connectivity index (χ4v) is 3.26. The van der Waals surface area contributed by atoms with Crippen molar-refractivity contribution in [3.63, 3.8) is 0 Å². The SMILES string of the molecule is CCCCc1ccc(-c2ccc(CCc3ccc(OC)cc3)cc2F)cc1. The Morgan fingerprint density at radius 2 is 1.33 bits per heavy atom. The molecule has 1 nitrogen and oxygen atoms in total. The highest BCUT2D eigenvalue weighted by atomic mass is 19.1. The molecule has 0 aliphatic heterocycles. The van der Waals surface area contributed by atoms with Crippen molar-refractivity contribution in [1.82, 2.24) is 0 Å². The van der Waals surface area contributed by atoms with Gasteiger partial charge in [-0.25, -0.2) is 4.39 Å². The van der Waals surface area contributed by atoms with Crippen LogP contribution >= 0.6 is 0 Å². The minimum absolute atomic E-state index is 0.150. The second-order valence-corrected chi connectivity index (χ2v) is 6.96. The molecule has 0 heterocycles. The Kier molecular flexibility index (Phi) is 6.64. The lowest BCUT2D eigenvalue weighted by Crippen LogP contribution is -1.94. The molecule has 0 radical (unpaired) electrons. The van der Waals surface area contributed by atoms with E-state index in [1.165, 1.54) is 24.0 Å². The number of methoxy groups -OCH3 is 1. The maximum Gasteiger partial charge on any atom is 0.131 e. The van der Waals surface area contributed by atoms with Crippen molar-refractivity contribution in [2.24, 2.45) is 0 Å². The van der Waals surface area contributed by atoms with Gasteiger partial charge in [-0.05, 0) is 66.1 Å². The average Bonchev–Trinajstić information content (AvgIpc) is 2.71. The maximum absolute atomic E-state index is 14.6. The second-order valence-electron chi connectivity index (χ2n) is 6.96. The van der Waals surface area contributed by atoms with Gasteiger partial charge < -0.3 is 4.74 Å². The molecule has 0 bridgehead atoms. The van der Waals surface area contributed by atoms with E-state index in [4.69, 9.17) is 4.74 Å². The highest BCUT2D eigenvalue weighted by Gasteiger charge is 2.07. The third-order valence-electron chi connectivity index (χ3n) is 4.98. The Labute approximate surface area is 161 Å². The number of rotatable bonds is 8. The van der Waals surface area contributed by atoms with Crippen molar-refractivity contribution in [3.05, 3.63) is 89.2 Å².